The number of hydrogen-bond acceptors (Lipinski definition) is 4. The van der Waals surface area contributed by atoms with Crippen LogP contribution < -0.4 is 0 Å². The molecule has 0 fully saturated rings. The topological polar surface area (TPSA) is 53.4 Å². The maximum absolute atomic E-state index is 9.36. The molecule has 0 atom stereocenters. The second-order valence-corrected chi connectivity index (χ2v) is 4.71. The molecule has 0 radical (unpaired) electrons. The van der Waals surface area contributed by atoms with E-state index in [1.54, 1.807) is 5.51 Å². The highest BCUT2D eigenvalue weighted by molar-refractivity contribution is 7.07. The minimum atomic E-state index is -0.436. The predicted molar refractivity (Wildman–Crippen MR) is 57.3 cm³/mol. The number of aromatic nitrogens is 1. The Morgan fingerprint density at radius 3 is 2.43 bits per heavy atom. The zero-order valence-electron chi connectivity index (χ0n) is 8.60. The largest absolute Gasteiger partial charge is 0.396 e. The van der Waals surface area contributed by atoms with Gasteiger partial charge in [0.1, 0.15) is 0 Å². The third kappa shape index (κ3) is 2.32. The van der Waals surface area contributed by atoms with Crippen LogP contribution in [0.4, 0.5) is 0 Å². The maximum Gasteiger partial charge on any atom is 0.0794 e. The molecule has 0 saturated heterocycles. The van der Waals surface area contributed by atoms with Gasteiger partial charge >= 0.3 is 0 Å². The highest BCUT2D eigenvalue weighted by atomic mass is 32.1. The van der Waals surface area contributed by atoms with Crippen LogP contribution in [0.2, 0.25) is 0 Å². The first kappa shape index (κ1) is 11.6. The monoisotopic (exact) mass is 215 g/mol. The van der Waals surface area contributed by atoms with Gasteiger partial charge in [-0.15, -0.1) is 11.3 Å². The molecule has 0 saturated carbocycles. The van der Waals surface area contributed by atoms with E-state index in [4.69, 9.17) is 0 Å². The molecule has 1 rings (SSSR count). The van der Waals surface area contributed by atoms with Crippen molar-refractivity contribution in [2.45, 2.75) is 20.3 Å². The van der Waals surface area contributed by atoms with Crippen molar-refractivity contribution in [2.75, 3.05) is 13.2 Å². The average Bonchev–Trinajstić information content (AvgIpc) is 2.66. The van der Waals surface area contributed by atoms with Gasteiger partial charge in [0.25, 0.3) is 0 Å². The van der Waals surface area contributed by atoms with Crippen LogP contribution in [0.25, 0.3) is 0 Å². The lowest BCUT2D eigenvalue weighted by atomic mass is 9.75. The van der Waals surface area contributed by atoms with Crippen LogP contribution in [0.15, 0.2) is 10.9 Å². The lowest BCUT2D eigenvalue weighted by Crippen LogP contribution is -2.37. The second-order valence-electron chi connectivity index (χ2n) is 3.99. The molecule has 4 heteroatoms. The Morgan fingerprint density at radius 1 is 1.43 bits per heavy atom. The van der Waals surface area contributed by atoms with Crippen molar-refractivity contribution in [1.29, 1.82) is 0 Å². The molecule has 1 heterocycles. The SMILES string of the molecule is CC(C)C(CO)(CO)Cc1cscn1. The van der Waals surface area contributed by atoms with E-state index in [-0.39, 0.29) is 19.1 Å². The summed E-state index contributed by atoms with van der Waals surface area (Å²) in [5.41, 5.74) is 2.29. The molecule has 3 nitrogen and oxygen atoms in total. The normalized spacial score (nSPS) is 12.4. The summed E-state index contributed by atoms with van der Waals surface area (Å²) in [5, 5.41) is 20.7. The highest BCUT2D eigenvalue weighted by Crippen LogP contribution is 2.30. The molecular weight excluding hydrogens is 198 g/mol. The number of rotatable bonds is 5. The Balaban J connectivity index is 2.78. The molecule has 0 amide bonds. The van der Waals surface area contributed by atoms with Gasteiger partial charge in [0.05, 0.1) is 24.4 Å². The van der Waals surface area contributed by atoms with Crippen molar-refractivity contribution >= 4 is 11.3 Å². The number of hydrogen-bond donors (Lipinski definition) is 2. The number of aliphatic hydroxyl groups is 2. The Hall–Kier alpha value is -0.450. The molecule has 0 spiro atoms. The van der Waals surface area contributed by atoms with Crippen molar-refractivity contribution < 1.29 is 10.2 Å². The van der Waals surface area contributed by atoms with E-state index in [1.165, 1.54) is 11.3 Å². The minimum absolute atomic E-state index is 0.00130. The number of nitrogens with zero attached hydrogens (tertiary/aromatic N) is 1. The van der Waals surface area contributed by atoms with Gasteiger partial charge < -0.3 is 10.2 Å². The molecule has 0 unspecified atom stereocenters. The molecule has 0 aliphatic rings. The molecule has 1 aromatic rings. The molecule has 0 aliphatic carbocycles. The second kappa shape index (κ2) is 4.87. The van der Waals surface area contributed by atoms with E-state index in [0.717, 1.165) is 5.69 Å². The number of thiazole rings is 1. The summed E-state index contributed by atoms with van der Waals surface area (Å²) in [6.07, 6.45) is 0.640. The summed E-state index contributed by atoms with van der Waals surface area (Å²) < 4.78 is 0. The van der Waals surface area contributed by atoms with Crippen molar-refractivity contribution in [1.82, 2.24) is 4.98 Å². The molecule has 1 aromatic heterocycles. The Labute approximate surface area is 88.4 Å². The van der Waals surface area contributed by atoms with E-state index in [1.807, 2.05) is 19.2 Å². The van der Waals surface area contributed by atoms with Crippen LogP contribution in [-0.4, -0.2) is 28.4 Å². The van der Waals surface area contributed by atoms with Gasteiger partial charge in [0, 0.05) is 17.2 Å². The quantitative estimate of drug-likeness (QED) is 0.778. The zero-order valence-corrected chi connectivity index (χ0v) is 9.42. The average molecular weight is 215 g/mol. The molecule has 0 aliphatic heterocycles. The number of aliphatic hydroxyl groups excluding tert-OH is 2. The summed E-state index contributed by atoms with van der Waals surface area (Å²) in [4.78, 5) is 4.18. The summed E-state index contributed by atoms with van der Waals surface area (Å²) >= 11 is 1.54. The van der Waals surface area contributed by atoms with E-state index < -0.39 is 5.41 Å². The van der Waals surface area contributed by atoms with E-state index >= 15 is 0 Å². The van der Waals surface area contributed by atoms with Gasteiger partial charge in [-0.2, -0.15) is 0 Å². The predicted octanol–water partition coefficient (Wildman–Crippen LogP) is 1.31. The smallest absolute Gasteiger partial charge is 0.0794 e. The van der Waals surface area contributed by atoms with Crippen molar-refractivity contribution in [3.05, 3.63) is 16.6 Å². The molecule has 80 valence electrons. The Bertz CT molecular complexity index is 255. The first-order valence-electron chi connectivity index (χ1n) is 4.73. The van der Waals surface area contributed by atoms with Gasteiger partial charge in [0.2, 0.25) is 0 Å². The van der Waals surface area contributed by atoms with Crippen LogP contribution >= 0.6 is 11.3 Å². The minimum Gasteiger partial charge on any atom is -0.396 e. The summed E-state index contributed by atoms with van der Waals surface area (Å²) in [6.45, 7) is 4.02. The van der Waals surface area contributed by atoms with Gasteiger partial charge in [-0.25, -0.2) is 4.98 Å². The fraction of sp³-hybridized carbons (Fsp3) is 0.700. The Morgan fingerprint density at radius 2 is 2.07 bits per heavy atom. The van der Waals surface area contributed by atoms with Crippen molar-refractivity contribution in [3.8, 4) is 0 Å². The van der Waals surface area contributed by atoms with Crippen LogP contribution in [0.5, 0.6) is 0 Å². The van der Waals surface area contributed by atoms with Gasteiger partial charge in [-0.1, -0.05) is 13.8 Å². The summed E-state index contributed by atoms with van der Waals surface area (Å²) in [5.74, 6) is 0.235. The third-order valence-electron chi connectivity index (χ3n) is 2.87. The molecule has 14 heavy (non-hydrogen) atoms. The van der Waals surface area contributed by atoms with Gasteiger partial charge in [-0.05, 0) is 5.92 Å². The maximum atomic E-state index is 9.36. The lowest BCUT2D eigenvalue weighted by Gasteiger charge is -2.33. The van der Waals surface area contributed by atoms with Crippen LogP contribution in [0, 0.1) is 11.3 Å². The van der Waals surface area contributed by atoms with Crippen molar-refractivity contribution in [2.24, 2.45) is 11.3 Å². The summed E-state index contributed by atoms with van der Waals surface area (Å²) in [6, 6.07) is 0. The molecule has 2 N–H and O–H groups in total. The van der Waals surface area contributed by atoms with E-state index in [0.29, 0.717) is 6.42 Å². The Kier molecular flexibility index (Phi) is 4.04. The van der Waals surface area contributed by atoms with Gasteiger partial charge in [0.15, 0.2) is 0 Å². The van der Waals surface area contributed by atoms with E-state index in [2.05, 4.69) is 4.98 Å². The third-order valence-corrected chi connectivity index (χ3v) is 3.51. The van der Waals surface area contributed by atoms with Crippen LogP contribution in [0.1, 0.15) is 19.5 Å². The lowest BCUT2D eigenvalue weighted by molar-refractivity contribution is 0.0156. The first-order chi connectivity index (χ1) is 6.64. The van der Waals surface area contributed by atoms with Gasteiger partial charge in [-0.3, -0.25) is 0 Å². The first-order valence-corrected chi connectivity index (χ1v) is 5.67. The fourth-order valence-electron chi connectivity index (χ4n) is 1.42. The van der Waals surface area contributed by atoms with Crippen molar-refractivity contribution in [3.63, 3.8) is 0 Å². The fourth-order valence-corrected chi connectivity index (χ4v) is 1.98. The highest BCUT2D eigenvalue weighted by Gasteiger charge is 2.33. The molecular formula is C10H17NO2S. The standard InChI is InChI=1S/C10H17NO2S/c1-8(2)10(5-12,6-13)3-9-4-14-7-11-9/h4,7-8,12-13H,3,5-6H2,1-2H3. The zero-order chi connectivity index (χ0) is 10.6. The molecule has 0 aromatic carbocycles. The molecule has 0 bridgehead atoms. The van der Waals surface area contributed by atoms with Crippen LogP contribution in [-0.2, 0) is 6.42 Å². The van der Waals surface area contributed by atoms with Crippen LogP contribution in [0.3, 0.4) is 0 Å². The summed E-state index contributed by atoms with van der Waals surface area (Å²) in [7, 11) is 0. The van der Waals surface area contributed by atoms with E-state index in [9.17, 15) is 10.2 Å².